The Morgan fingerprint density at radius 3 is 2.59 bits per heavy atom. The summed E-state index contributed by atoms with van der Waals surface area (Å²) in [5.74, 6) is -0.706. The van der Waals surface area contributed by atoms with Gasteiger partial charge in [-0.2, -0.15) is 5.26 Å². The Balaban J connectivity index is 3.12. The minimum Gasteiger partial charge on any atom is -0.465 e. The maximum atomic E-state index is 11.4. The van der Waals surface area contributed by atoms with Gasteiger partial charge in [-0.15, -0.1) is 0 Å². The molecule has 0 radical (unpaired) electrons. The number of ether oxygens (including phenoxy) is 1. The molecule has 7 nitrogen and oxygen atoms in total. The van der Waals surface area contributed by atoms with Gasteiger partial charge in [0.25, 0.3) is 0 Å². The fraction of sp³-hybridized carbons (Fsp3) is 0.600. The van der Waals surface area contributed by atoms with Crippen LogP contribution < -0.4 is 0 Å². The minimum atomic E-state index is -0.777. The van der Waals surface area contributed by atoms with Crippen LogP contribution in [0.3, 0.4) is 0 Å². The number of hydrogen-bond acceptors (Lipinski definition) is 5. The second-order valence-electron chi connectivity index (χ2n) is 3.54. The number of methoxy groups -OCH3 is 1. The zero-order chi connectivity index (χ0) is 12.7. The topological polar surface area (TPSA) is 102 Å². The summed E-state index contributed by atoms with van der Waals surface area (Å²) in [6, 6.07) is 1.73. The lowest BCUT2D eigenvalue weighted by Crippen LogP contribution is -2.30. The number of carbonyl (C=O) groups excluding carboxylic acids is 1. The third-order valence-electron chi connectivity index (χ3n) is 2.52. The molecule has 1 aliphatic heterocycles. The van der Waals surface area contributed by atoms with Gasteiger partial charge in [-0.3, -0.25) is 0 Å². The Bertz CT molecular complexity index is 411. The smallest absolute Gasteiger partial charge is 0.350 e. The van der Waals surface area contributed by atoms with Crippen LogP contribution in [0.25, 0.3) is 10.4 Å². The summed E-state index contributed by atoms with van der Waals surface area (Å²) in [5.41, 5.74) is 8.26. The highest BCUT2D eigenvalue weighted by Crippen LogP contribution is 2.19. The summed E-state index contributed by atoms with van der Waals surface area (Å²) in [5, 5.41) is 12.4. The molecule has 1 heterocycles. The van der Waals surface area contributed by atoms with Crippen LogP contribution in [0.1, 0.15) is 19.3 Å². The average molecular weight is 235 g/mol. The average Bonchev–Trinajstić information content (AvgIpc) is 2.39. The minimum absolute atomic E-state index is 0.0709. The molecule has 1 rings (SSSR count). The second-order valence-corrected chi connectivity index (χ2v) is 3.54. The van der Waals surface area contributed by atoms with Gasteiger partial charge in [-0.05, 0) is 29.9 Å². The molecule has 0 aliphatic carbocycles. The summed E-state index contributed by atoms with van der Waals surface area (Å²) in [6.45, 7) is 1.35. The predicted molar refractivity (Wildman–Crippen MR) is 59.2 cm³/mol. The first-order chi connectivity index (χ1) is 8.24. The van der Waals surface area contributed by atoms with Crippen molar-refractivity contribution in [1.82, 2.24) is 4.90 Å². The molecule has 0 saturated carbocycles. The van der Waals surface area contributed by atoms with Gasteiger partial charge in [0.05, 0.1) is 7.11 Å². The van der Waals surface area contributed by atoms with Gasteiger partial charge in [0.1, 0.15) is 11.9 Å². The molecule has 0 bridgehead atoms. The molecule has 0 aromatic rings. The van der Waals surface area contributed by atoms with Crippen molar-refractivity contribution < 1.29 is 9.53 Å². The van der Waals surface area contributed by atoms with Gasteiger partial charge in [0.15, 0.2) is 5.57 Å². The van der Waals surface area contributed by atoms with Crippen molar-refractivity contribution >= 4 is 5.97 Å². The van der Waals surface area contributed by atoms with Gasteiger partial charge in [-0.25, -0.2) is 4.79 Å². The number of nitriles is 1. The molecular weight excluding hydrogens is 222 g/mol. The molecular formula is C10H13N5O2. The normalized spacial score (nSPS) is 16.4. The van der Waals surface area contributed by atoms with Crippen LogP contribution in [-0.2, 0) is 9.53 Å². The van der Waals surface area contributed by atoms with E-state index in [0.29, 0.717) is 13.1 Å². The molecule has 17 heavy (non-hydrogen) atoms. The van der Waals surface area contributed by atoms with Crippen LogP contribution in [-0.4, -0.2) is 31.1 Å². The third kappa shape index (κ3) is 3.13. The van der Waals surface area contributed by atoms with Crippen LogP contribution in [0, 0.1) is 11.3 Å². The van der Waals surface area contributed by atoms with E-state index in [4.69, 9.17) is 10.8 Å². The standard InChI is InChI=1S/C10H13N5O2/c1-17-10(16)8(7-11)9(13-14-12)15-5-3-2-4-6-15/h2-6H2,1H3/b9-8+. The van der Waals surface area contributed by atoms with Crippen LogP contribution in [0.5, 0.6) is 0 Å². The maximum Gasteiger partial charge on any atom is 0.350 e. The van der Waals surface area contributed by atoms with Crippen molar-refractivity contribution in [1.29, 1.82) is 5.26 Å². The Morgan fingerprint density at radius 1 is 1.47 bits per heavy atom. The van der Waals surface area contributed by atoms with E-state index in [0.717, 1.165) is 19.3 Å². The fourth-order valence-corrected chi connectivity index (χ4v) is 1.71. The molecule has 7 heteroatoms. The molecule has 0 atom stereocenters. The number of nitrogens with zero attached hydrogens (tertiary/aromatic N) is 5. The van der Waals surface area contributed by atoms with E-state index in [1.807, 2.05) is 0 Å². The number of rotatable bonds is 3. The van der Waals surface area contributed by atoms with Crippen molar-refractivity contribution in [3.8, 4) is 6.07 Å². The molecule has 0 aromatic carbocycles. The summed E-state index contributed by atoms with van der Waals surface area (Å²) in [4.78, 5) is 15.8. The first kappa shape index (κ1) is 12.9. The summed E-state index contributed by atoms with van der Waals surface area (Å²) in [7, 11) is 1.18. The Kier molecular flexibility index (Phi) is 4.85. The number of azide groups is 1. The van der Waals surface area contributed by atoms with Crippen LogP contribution >= 0.6 is 0 Å². The molecule has 0 amide bonds. The van der Waals surface area contributed by atoms with Gasteiger partial charge < -0.3 is 9.64 Å². The van der Waals surface area contributed by atoms with Gasteiger partial charge in [0, 0.05) is 18.0 Å². The van der Waals surface area contributed by atoms with E-state index in [2.05, 4.69) is 14.8 Å². The van der Waals surface area contributed by atoms with Crippen LogP contribution in [0.15, 0.2) is 16.5 Å². The number of esters is 1. The quantitative estimate of drug-likeness (QED) is 0.185. The number of hydrogen-bond donors (Lipinski definition) is 0. The Labute approximate surface area is 98.9 Å². The number of piperidine rings is 1. The summed E-state index contributed by atoms with van der Waals surface area (Å²) < 4.78 is 4.49. The van der Waals surface area contributed by atoms with E-state index >= 15 is 0 Å². The highest BCUT2D eigenvalue weighted by Gasteiger charge is 2.21. The van der Waals surface area contributed by atoms with E-state index in [-0.39, 0.29) is 11.4 Å². The lowest BCUT2D eigenvalue weighted by Gasteiger charge is -2.29. The first-order valence-corrected chi connectivity index (χ1v) is 5.27. The Hall–Kier alpha value is -2.19. The van der Waals surface area contributed by atoms with E-state index in [1.165, 1.54) is 7.11 Å². The zero-order valence-electron chi connectivity index (χ0n) is 9.59. The van der Waals surface area contributed by atoms with Gasteiger partial charge in [0.2, 0.25) is 0 Å². The lowest BCUT2D eigenvalue weighted by atomic mass is 10.1. The van der Waals surface area contributed by atoms with E-state index < -0.39 is 5.97 Å². The molecule has 0 spiro atoms. The van der Waals surface area contributed by atoms with Crippen molar-refractivity contribution in [2.75, 3.05) is 20.2 Å². The van der Waals surface area contributed by atoms with Crippen molar-refractivity contribution in [2.24, 2.45) is 5.11 Å². The van der Waals surface area contributed by atoms with Crippen molar-refractivity contribution in [3.05, 3.63) is 21.8 Å². The van der Waals surface area contributed by atoms with Crippen molar-refractivity contribution in [3.63, 3.8) is 0 Å². The maximum absolute atomic E-state index is 11.4. The van der Waals surface area contributed by atoms with Gasteiger partial charge >= 0.3 is 5.97 Å². The molecule has 90 valence electrons. The molecule has 1 aliphatic rings. The predicted octanol–water partition coefficient (Wildman–Crippen LogP) is 1.69. The second kappa shape index (κ2) is 6.40. The molecule has 0 aromatic heterocycles. The molecule has 1 saturated heterocycles. The fourth-order valence-electron chi connectivity index (χ4n) is 1.71. The summed E-state index contributed by atoms with van der Waals surface area (Å²) >= 11 is 0. The lowest BCUT2D eigenvalue weighted by molar-refractivity contribution is -0.135. The molecule has 1 fully saturated rings. The van der Waals surface area contributed by atoms with E-state index in [1.54, 1.807) is 11.0 Å². The number of carbonyl (C=O) groups is 1. The largest absolute Gasteiger partial charge is 0.465 e. The number of likely N-dealkylation sites (tertiary alicyclic amines) is 1. The molecule has 0 N–H and O–H groups in total. The van der Waals surface area contributed by atoms with Crippen LogP contribution in [0.2, 0.25) is 0 Å². The molecule has 0 unspecified atom stereocenters. The SMILES string of the molecule is COC(=O)/C(C#N)=C(\N=[N+]=[N-])N1CCCCC1. The third-order valence-corrected chi connectivity index (χ3v) is 2.52. The van der Waals surface area contributed by atoms with Crippen molar-refractivity contribution in [2.45, 2.75) is 19.3 Å². The highest BCUT2D eigenvalue weighted by atomic mass is 16.5. The Morgan fingerprint density at radius 2 is 2.12 bits per heavy atom. The first-order valence-electron chi connectivity index (χ1n) is 5.27. The monoisotopic (exact) mass is 235 g/mol. The van der Waals surface area contributed by atoms with Crippen LogP contribution in [0.4, 0.5) is 0 Å². The van der Waals surface area contributed by atoms with Gasteiger partial charge in [-0.1, -0.05) is 0 Å². The summed E-state index contributed by atoms with van der Waals surface area (Å²) in [6.07, 6.45) is 2.99. The zero-order valence-corrected chi connectivity index (χ0v) is 9.59. The highest BCUT2D eigenvalue weighted by molar-refractivity contribution is 5.93. The van der Waals surface area contributed by atoms with E-state index in [9.17, 15) is 4.79 Å².